The minimum Gasteiger partial charge on any atom is -0.378 e. The van der Waals surface area contributed by atoms with Crippen molar-refractivity contribution in [1.29, 1.82) is 0 Å². The Morgan fingerprint density at radius 1 is 1.10 bits per heavy atom. The van der Waals surface area contributed by atoms with Crippen LogP contribution < -0.4 is 10.6 Å². The highest BCUT2D eigenvalue weighted by Crippen LogP contribution is 2.29. The van der Waals surface area contributed by atoms with Crippen LogP contribution in [0.1, 0.15) is 49.0 Å². The van der Waals surface area contributed by atoms with Crippen LogP contribution >= 0.6 is 11.3 Å². The molecule has 2 N–H and O–H groups in total. The van der Waals surface area contributed by atoms with E-state index in [-0.39, 0.29) is 17.9 Å². The van der Waals surface area contributed by atoms with Gasteiger partial charge in [-0.25, -0.2) is 0 Å². The Labute approximate surface area is 127 Å². The average Bonchev–Trinajstić information content (AvgIpc) is 2.90. The second-order valence-electron chi connectivity index (χ2n) is 5.28. The van der Waals surface area contributed by atoms with Gasteiger partial charge in [0, 0.05) is 21.5 Å². The molecule has 21 heavy (non-hydrogen) atoms. The fourth-order valence-corrected chi connectivity index (χ4v) is 3.69. The van der Waals surface area contributed by atoms with Gasteiger partial charge in [-0.05, 0) is 50.6 Å². The molecule has 5 heteroatoms. The molecule has 108 valence electrons. The second-order valence-corrected chi connectivity index (χ2v) is 6.74. The zero-order valence-corrected chi connectivity index (χ0v) is 12.9. The van der Waals surface area contributed by atoms with Gasteiger partial charge < -0.3 is 5.32 Å². The van der Waals surface area contributed by atoms with E-state index in [0.717, 1.165) is 5.69 Å². The number of anilines is 1. The lowest BCUT2D eigenvalue weighted by atomic mass is 10.1. The Kier molecular flexibility index (Phi) is 3.29. The van der Waals surface area contributed by atoms with E-state index in [1.807, 2.05) is 6.07 Å². The number of thiophene rings is 1. The van der Waals surface area contributed by atoms with E-state index in [1.54, 1.807) is 23.5 Å². The predicted octanol–water partition coefficient (Wildman–Crippen LogP) is 3.42. The number of carbonyl (C=O) groups excluding carboxylic acids is 2. The molecule has 0 saturated carbocycles. The van der Waals surface area contributed by atoms with Gasteiger partial charge in [-0.2, -0.15) is 0 Å². The van der Waals surface area contributed by atoms with Gasteiger partial charge in [-0.3, -0.25) is 14.9 Å². The van der Waals surface area contributed by atoms with E-state index in [1.165, 1.54) is 15.3 Å². The molecule has 0 radical (unpaired) electrons. The maximum absolute atomic E-state index is 11.7. The highest BCUT2D eigenvalue weighted by atomic mass is 32.1. The van der Waals surface area contributed by atoms with Gasteiger partial charge in [0.2, 0.25) is 0 Å². The van der Waals surface area contributed by atoms with Crippen LogP contribution in [0.4, 0.5) is 5.69 Å². The van der Waals surface area contributed by atoms with Gasteiger partial charge in [0.15, 0.2) is 0 Å². The molecule has 0 aliphatic carbocycles. The van der Waals surface area contributed by atoms with Crippen LogP contribution in [0.5, 0.6) is 0 Å². The van der Waals surface area contributed by atoms with Crippen molar-refractivity contribution in [3.8, 4) is 0 Å². The summed E-state index contributed by atoms with van der Waals surface area (Å²) in [5.74, 6) is -0.646. The number of carbonyl (C=O) groups is 2. The molecule has 2 amide bonds. The number of imide groups is 1. The van der Waals surface area contributed by atoms with Gasteiger partial charge in [-0.15, -0.1) is 11.3 Å². The summed E-state index contributed by atoms with van der Waals surface area (Å²) in [4.78, 5) is 25.8. The zero-order chi connectivity index (χ0) is 15.1. The van der Waals surface area contributed by atoms with Crippen LogP contribution in [0.3, 0.4) is 0 Å². The first-order valence-electron chi connectivity index (χ1n) is 6.79. The van der Waals surface area contributed by atoms with Gasteiger partial charge in [0.05, 0.1) is 11.1 Å². The maximum Gasteiger partial charge on any atom is 0.259 e. The normalized spacial score (nSPS) is 14.8. The van der Waals surface area contributed by atoms with E-state index < -0.39 is 0 Å². The maximum atomic E-state index is 11.7. The molecule has 4 nitrogen and oxygen atoms in total. The average molecular weight is 300 g/mol. The van der Waals surface area contributed by atoms with Crippen molar-refractivity contribution in [3.63, 3.8) is 0 Å². The molecule has 2 aromatic rings. The standard InChI is InChI=1S/C16H16N2O2S/c1-8-6-13(10(3)21-8)9(2)17-11-4-5-12-14(7-11)16(20)18-15(12)19/h4-7,9,17H,1-3H3,(H,18,19,20). The molecule has 1 aliphatic rings. The SMILES string of the molecule is Cc1cc(C(C)Nc2ccc3c(c2)C(=O)NC3=O)c(C)s1. The van der Waals surface area contributed by atoms with E-state index >= 15 is 0 Å². The molecular weight excluding hydrogens is 284 g/mol. The fraction of sp³-hybridized carbons (Fsp3) is 0.250. The first-order chi connectivity index (χ1) is 9.95. The molecule has 1 unspecified atom stereocenters. The number of fused-ring (bicyclic) bond motifs is 1. The van der Waals surface area contributed by atoms with E-state index in [0.29, 0.717) is 11.1 Å². The minimum atomic E-state index is -0.325. The van der Waals surface area contributed by atoms with Gasteiger partial charge >= 0.3 is 0 Å². The summed E-state index contributed by atoms with van der Waals surface area (Å²) in [6.07, 6.45) is 0. The van der Waals surface area contributed by atoms with Crippen molar-refractivity contribution in [2.45, 2.75) is 26.8 Å². The molecule has 1 aliphatic heterocycles. The number of nitrogens with one attached hydrogen (secondary N) is 2. The fourth-order valence-electron chi connectivity index (χ4n) is 2.67. The van der Waals surface area contributed by atoms with Gasteiger partial charge in [-0.1, -0.05) is 0 Å². The van der Waals surface area contributed by atoms with Crippen LogP contribution in [0.25, 0.3) is 0 Å². The van der Waals surface area contributed by atoms with Gasteiger partial charge in [0.1, 0.15) is 0 Å². The molecule has 3 rings (SSSR count). The highest BCUT2D eigenvalue weighted by Gasteiger charge is 2.26. The lowest BCUT2D eigenvalue weighted by molar-refractivity contribution is 0.0879. The topological polar surface area (TPSA) is 58.2 Å². The summed E-state index contributed by atoms with van der Waals surface area (Å²) < 4.78 is 0. The summed E-state index contributed by atoms with van der Waals surface area (Å²) in [7, 11) is 0. The molecular formula is C16H16N2O2S. The zero-order valence-electron chi connectivity index (χ0n) is 12.1. The van der Waals surface area contributed by atoms with Crippen molar-refractivity contribution >= 4 is 28.8 Å². The number of amides is 2. The molecule has 2 heterocycles. The monoisotopic (exact) mass is 300 g/mol. The second kappa shape index (κ2) is 5.00. The first kappa shape index (κ1) is 13.8. The van der Waals surface area contributed by atoms with Crippen LogP contribution in [0.2, 0.25) is 0 Å². The van der Waals surface area contributed by atoms with Crippen molar-refractivity contribution < 1.29 is 9.59 Å². The van der Waals surface area contributed by atoms with E-state index in [2.05, 4.69) is 37.5 Å². The smallest absolute Gasteiger partial charge is 0.259 e. The molecule has 0 bridgehead atoms. The van der Waals surface area contributed by atoms with Crippen molar-refractivity contribution in [2.75, 3.05) is 5.32 Å². The summed E-state index contributed by atoms with van der Waals surface area (Å²) in [5.41, 5.74) is 2.99. The van der Waals surface area contributed by atoms with Crippen LogP contribution in [-0.4, -0.2) is 11.8 Å². The van der Waals surface area contributed by atoms with Crippen molar-refractivity contribution in [3.05, 3.63) is 50.7 Å². The Hall–Kier alpha value is -2.14. The number of benzene rings is 1. The minimum absolute atomic E-state index is 0.146. The highest BCUT2D eigenvalue weighted by molar-refractivity contribution is 7.12. The number of hydrogen-bond donors (Lipinski definition) is 2. The van der Waals surface area contributed by atoms with Crippen LogP contribution in [0.15, 0.2) is 24.3 Å². The predicted molar refractivity (Wildman–Crippen MR) is 84.1 cm³/mol. The number of rotatable bonds is 3. The first-order valence-corrected chi connectivity index (χ1v) is 7.60. The number of hydrogen-bond acceptors (Lipinski definition) is 4. The third kappa shape index (κ3) is 2.45. The summed E-state index contributed by atoms with van der Waals surface area (Å²) in [6, 6.07) is 7.59. The summed E-state index contributed by atoms with van der Waals surface area (Å²) >= 11 is 1.78. The quantitative estimate of drug-likeness (QED) is 0.854. The van der Waals surface area contributed by atoms with Crippen LogP contribution in [-0.2, 0) is 0 Å². The Bertz CT molecular complexity index is 749. The van der Waals surface area contributed by atoms with Crippen LogP contribution in [0, 0.1) is 13.8 Å². The number of aryl methyl sites for hydroxylation is 2. The Balaban J connectivity index is 1.86. The summed E-state index contributed by atoms with van der Waals surface area (Å²) in [5, 5.41) is 5.70. The largest absolute Gasteiger partial charge is 0.378 e. The molecule has 1 aromatic carbocycles. The third-order valence-corrected chi connectivity index (χ3v) is 4.65. The summed E-state index contributed by atoms with van der Waals surface area (Å²) in [6.45, 7) is 6.30. The molecule has 0 saturated heterocycles. The molecule has 1 atom stereocenters. The van der Waals surface area contributed by atoms with E-state index in [9.17, 15) is 9.59 Å². The lowest BCUT2D eigenvalue weighted by Gasteiger charge is -2.15. The lowest BCUT2D eigenvalue weighted by Crippen LogP contribution is -2.19. The Morgan fingerprint density at radius 2 is 1.81 bits per heavy atom. The van der Waals surface area contributed by atoms with Crippen molar-refractivity contribution in [1.82, 2.24) is 5.32 Å². The third-order valence-electron chi connectivity index (χ3n) is 3.66. The van der Waals surface area contributed by atoms with E-state index in [4.69, 9.17) is 0 Å². The Morgan fingerprint density at radius 3 is 2.48 bits per heavy atom. The molecule has 1 aromatic heterocycles. The molecule has 0 spiro atoms. The van der Waals surface area contributed by atoms with Gasteiger partial charge in [0.25, 0.3) is 11.8 Å². The molecule has 0 fully saturated rings. The van der Waals surface area contributed by atoms with Crippen molar-refractivity contribution in [2.24, 2.45) is 0 Å².